The van der Waals surface area contributed by atoms with Crippen LogP contribution in [0.15, 0.2) is 40.0 Å². The first-order chi connectivity index (χ1) is 14.4. The Hall–Kier alpha value is -1.87. The average Bonchev–Trinajstić information content (AvgIpc) is 3.39. The molecule has 1 aromatic carbocycles. The van der Waals surface area contributed by atoms with Crippen molar-refractivity contribution in [3.05, 3.63) is 41.8 Å². The van der Waals surface area contributed by atoms with Crippen molar-refractivity contribution < 1.29 is 17.6 Å². The van der Waals surface area contributed by atoms with Crippen molar-refractivity contribution in [2.75, 3.05) is 17.3 Å². The van der Waals surface area contributed by atoms with Crippen molar-refractivity contribution in [3.8, 4) is 0 Å². The quantitative estimate of drug-likeness (QED) is 0.543. The van der Waals surface area contributed by atoms with Crippen LogP contribution < -0.4 is 0 Å². The molecule has 2 unspecified atom stereocenters. The van der Waals surface area contributed by atoms with Crippen LogP contribution in [0.2, 0.25) is 0 Å². The molecular weight excluding hydrogens is 422 g/mol. The summed E-state index contributed by atoms with van der Waals surface area (Å²) < 4.78 is 28.9. The Morgan fingerprint density at radius 2 is 2.00 bits per heavy atom. The summed E-state index contributed by atoms with van der Waals surface area (Å²) in [6.45, 7) is 2.73. The Bertz CT molecular complexity index is 973. The van der Waals surface area contributed by atoms with Crippen LogP contribution in [-0.4, -0.2) is 52.7 Å². The van der Waals surface area contributed by atoms with E-state index in [4.69, 9.17) is 4.42 Å². The lowest BCUT2D eigenvalue weighted by Crippen LogP contribution is -2.40. The molecule has 2 aromatic rings. The molecule has 0 bridgehead atoms. The predicted molar refractivity (Wildman–Crippen MR) is 115 cm³/mol. The molecule has 1 saturated heterocycles. The van der Waals surface area contributed by atoms with Gasteiger partial charge in [0.2, 0.25) is 11.8 Å². The number of sulfone groups is 1. The molecule has 1 amide bonds. The largest absolute Gasteiger partial charge is 0.416 e. The molecule has 0 radical (unpaired) electrons. The van der Waals surface area contributed by atoms with Crippen LogP contribution in [0.3, 0.4) is 0 Å². The number of aromatic nitrogens is 2. The predicted octanol–water partition coefficient (Wildman–Crippen LogP) is 2.97. The lowest BCUT2D eigenvalue weighted by atomic mass is 10.1. The number of carbonyl (C=O) groups excluding carboxylic acids is 1. The highest BCUT2D eigenvalue weighted by atomic mass is 32.2. The van der Waals surface area contributed by atoms with Gasteiger partial charge in [-0.25, -0.2) is 8.42 Å². The van der Waals surface area contributed by atoms with Gasteiger partial charge in [0.1, 0.15) is 0 Å². The lowest BCUT2D eigenvalue weighted by molar-refractivity contribution is -0.131. The molecule has 7 nitrogen and oxygen atoms in total. The number of hydrogen-bond acceptors (Lipinski definition) is 7. The SMILES string of the molecule is CC(C1CC1)N(Cc1ccccc1)C(=O)CSc1nnc(CC2CCS(=O)(=O)C2)o1. The Labute approximate surface area is 181 Å². The van der Waals surface area contributed by atoms with Gasteiger partial charge >= 0.3 is 0 Å². The van der Waals surface area contributed by atoms with E-state index in [1.165, 1.54) is 24.6 Å². The van der Waals surface area contributed by atoms with E-state index in [2.05, 4.69) is 17.1 Å². The molecule has 0 N–H and O–H groups in total. The van der Waals surface area contributed by atoms with Crippen LogP contribution in [-0.2, 0) is 27.6 Å². The third-order valence-electron chi connectivity index (χ3n) is 5.87. The summed E-state index contributed by atoms with van der Waals surface area (Å²) in [4.78, 5) is 15.0. The zero-order valence-corrected chi connectivity index (χ0v) is 18.7. The number of carbonyl (C=O) groups is 1. The molecular formula is C21H27N3O4S2. The van der Waals surface area contributed by atoms with Crippen molar-refractivity contribution in [3.63, 3.8) is 0 Å². The molecule has 9 heteroatoms. The minimum absolute atomic E-state index is 0.0377. The van der Waals surface area contributed by atoms with Crippen molar-refractivity contribution in [1.82, 2.24) is 15.1 Å². The van der Waals surface area contributed by atoms with E-state index in [1.807, 2.05) is 35.2 Å². The van der Waals surface area contributed by atoms with Gasteiger partial charge in [0, 0.05) is 19.0 Å². The maximum atomic E-state index is 13.0. The smallest absolute Gasteiger partial charge is 0.277 e. The Morgan fingerprint density at radius 1 is 1.23 bits per heavy atom. The summed E-state index contributed by atoms with van der Waals surface area (Å²) in [7, 11) is -2.92. The van der Waals surface area contributed by atoms with Gasteiger partial charge in [-0.05, 0) is 43.6 Å². The van der Waals surface area contributed by atoms with Gasteiger partial charge in [0.15, 0.2) is 9.84 Å². The van der Waals surface area contributed by atoms with Crippen LogP contribution in [0.5, 0.6) is 0 Å². The average molecular weight is 450 g/mol. The minimum atomic E-state index is -2.92. The molecule has 0 spiro atoms. The zero-order valence-electron chi connectivity index (χ0n) is 17.1. The second-order valence-electron chi connectivity index (χ2n) is 8.31. The van der Waals surface area contributed by atoms with E-state index in [0.29, 0.717) is 36.4 Å². The number of rotatable bonds is 9. The molecule has 2 aliphatic rings. The van der Waals surface area contributed by atoms with Crippen molar-refractivity contribution in [1.29, 1.82) is 0 Å². The van der Waals surface area contributed by atoms with Gasteiger partial charge in [0.25, 0.3) is 5.22 Å². The summed E-state index contributed by atoms with van der Waals surface area (Å²) >= 11 is 1.25. The Morgan fingerprint density at radius 3 is 2.67 bits per heavy atom. The number of benzene rings is 1. The summed E-state index contributed by atoms with van der Waals surface area (Å²) in [5.74, 6) is 1.78. The summed E-state index contributed by atoms with van der Waals surface area (Å²) in [6.07, 6.45) is 3.46. The first kappa shape index (κ1) is 21.4. The van der Waals surface area contributed by atoms with Gasteiger partial charge in [-0.2, -0.15) is 0 Å². The van der Waals surface area contributed by atoms with E-state index < -0.39 is 9.84 Å². The molecule has 1 aliphatic carbocycles. The standard InChI is InChI=1S/C21H27N3O4S2/c1-15(18-7-8-18)24(12-16-5-3-2-4-6-16)20(25)13-29-21-23-22-19(28-21)11-17-9-10-30(26,27)14-17/h2-6,15,17-18H,7-14H2,1H3. The fraction of sp³-hybridized carbons (Fsp3) is 0.571. The number of thioether (sulfide) groups is 1. The molecule has 1 aromatic heterocycles. The first-order valence-corrected chi connectivity index (χ1v) is 13.2. The molecule has 162 valence electrons. The highest BCUT2D eigenvalue weighted by molar-refractivity contribution is 7.99. The third kappa shape index (κ3) is 5.63. The maximum Gasteiger partial charge on any atom is 0.277 e. The number of nitrogens with zero attached hydrogens (tertiary/aromatic N) is 3. The second-order valence-corrected chi connectivity index (χ2v) is 11.5. The second kappa shape index (κ2) is 9.09. The van der Waals surface area contributed by atoms with Crippen molar-refractivity contribution >= 4 is 27.5 Å². The summed E-state index contributed by atoms with van der Waals surface area (Å²) in [5, 5.41) is 8.42. The van der Waals surface area contributed by atoms with Crippen LogP contribution in [0, 0.1) is 11.8 Å². The lowest BCUT2D eigenvalue weighted by Gasteiger charge is -2.29. The van der Waals surface area contributed by atoms with Crippen LogP contribution in [0.25, 0.3) is 0 Å². The molecule has 2 atom stereocenters. The van der Waals surface area contributed by atoms with Crippen LogP contribution in [0.4, 0.5) is 0 Å². The highest BCUT2D eigenvalue weighted by Crippen LogP contribution is 2.36. The monoisotopic (exact) mass is 449 g/mol. The minimum Gasteiger partial charge on any atom is -0.416 e. The van der Waals surface area contributed by atoms with Crippen molar-refractivity contribution in [2.24, 2.45) is 11.8 Å². The van der Waals surface area contributed by atoms with E-state index in [1.54, 1.807) is 0 Å². The van der Waals surface area contributed by atoms with Crippen molar-refractivity contribution in [2.45, 2.75) is 50.4 Å². The van der Waals surface area contributed by atoms with Gasteiger partial charge < -0.3 is 9.32 Å². The van der Waals surface area contributed by atoms with Crippen LogP contribution >= 0.6 is 11.8 Å². The van der Waals surface area contributed by atoms with Gasteiger partial charge in [-0.1, -0.05) is 42.1 Å². The van der Waals surface area contributed by atoms with E-state index in [-0.39, 0.29) is 35.1 Å². The van der Waals surface area contributed by atoms with E-state index in [9.17, 15) is 13.2 Å². The number of amides is 1. The Kier molecular flexibility index (Phi) is 6.48. The molecule has 30 heavy (non-hydrogen) atoms. The fourth-order valence-corrected chi connectivity index (χ4v) is 6.47. The molecule has 2 heterocycles. The van der Waals surface area contributed by atoms with E-state index in [0.717, 1.165) is 5.56 Å². The van der Waals surface area contributed by atoms with Gasteiger partial charge in [-0.3, -0.25) is 4.79 Å². The molecule has 2 fully saturated rings. The van der Waals surface area contributed by atoms with E-state index >= 15 is 0 Å². The topological polar surface area (TPSA) is 93.4 Å². The normalized spacial score (nSPS) is 21.4. The fourth-order valence-electron chi connectivity index (χ4n) is 3.94. The summed E-state index contributed by atoms with van der Waals surface area (Å²) in [5.41, 5.74) is 1.12. The number of hydrogen-bond donors (Lipinski definition) is 0. The highest BCUT2D eigenvalue weighted by Gasteiger charge is 2.34. The Balaban J connectivity index is 1.33. The first-order valence-electron chi connectivity index (χ1n) is 10.4. The maximum absolute atomic E-state index is 13.0. The zero-order chi connectivity index (χ0) is 21.1. The molecule has 1 aliphatic heterocycles. The molecule has 1 saturated carbocycles. The molecule has 4 rings (SSSR count). The van der Waals surface area contributed by atoms with Crippen LogP contribution in [0.1, 0.15) is 37.6 Å². The summed E-state index contributed by atoms with van der Waals surface area (Å²) in [6, 6.07) is 10.3. The van der Waals surface area contributed by atoms with Gasteiger partial charge in [0.05, 0.1) is 17.3 Å². The third-order valence-corrected chi connectivity index (χ3v) is 8.51. The van der Waals surface area contributed by atoms with Gasteiger partial charge in [-0.15, -0.1) is 10.2 Å².